The molecule has 0 atom stereocenters. The summed E-state index contributed by atoms with van der Waals surface area (Å²) >= 11 is 14.9. The minimum atomic E-state index is -5.24. The van der Waals surface area contributed by atoms with Gasteiger partial charge < -0.3 is 26.7 Å². The molecule has 1 aromatic heterocycles. The molecule has 2 aliphatic rings. The number of rotatable bonds is 3. The third-order valence-corrected chi connectivity index (χ3v) is 7.91. The summed E-state index contributed by atoms with van der Waals surface area (Å²) in [6, 6.07) is 6.68. The Balaban J connectivity index is 0.00000193. The van der Waals surface area contributed by atoms with Crippen molar-refractivity contribution in [3.63, 3.8) is 0 Å². The standard InChI is InChI=1S/C15H8BBrCl2F2N2O6S2.2Na/c17-8-3-1-7(2-4-8)13-9-5-11(30(24,25)26)14(18)22(9)16(20,21)23-10(13)6-12(15(23)19)31(27,28)29;;/h1-6H,(H,24,25,26)(H,27,28,29);;/q;2*+1/p-2. The predicted molar refractivity (Wildman–Crippen MR) is 110 cm³/mol. The van der Waals surface area contributed by atoms with Crippen molar-refractivity contribution in [1.29, 1.82) is 0 Å². The number of halogens is 5. The Hall–Kier alpha value is 0.455. The number of fused-ring (bicyclic) bond motifs is 2. The van der Waals surface area contributed by atoms with Crippen LogP contribution in [0.4, 0.5) is 8.63 Å². The molecule has 0 aliphatic carbocycles. The Kier molecular flexibility index (Phi) is 8.75. The van der Waals surface area contributed by atoms with Crippen LogP contribution in [0.15, 0.2) is 56.4 Å². The van der Waals surface area contributed by atoms with Crippen LogP contribution < -0.4 is 59.1 Å². The Morgan fingerprint density at radius 3 is 2.03 bits per heavy atom. The van der Waals surface area contributed by atoms with Crippen molar-refractivity contribution >= 4 is 77.1 Å². The summed E-state index contributed by atoms with van der Waals surface area (Å²) in [6.45, 7) is -5.08. The molecule has 164 valence electrons. The minimum absolute atomic E-state index is 0. The summed E-state index contributed by atoms with van der Waals surface area (Å²) in [5.41, 5.74) is -0.828. The molecule has 0 amide bonds. The van der Waals surface area contributed by atoms with Gasteiger partial charge in [0.2, 0.25) is 5.17 Å². The average Bonchev–Trinajstić information content (AvgIpc) is 3.15. The van der Waals surface area contributed by atoms with Crippen LogP contribution in [-0.4, -0.2) is 47.0 Å². The van der Waals surface area contributed by atoms with Gasteiger partial charge in [0.15, 0.2) is 5.70 Å². The number of allylic oxidation sites excluding steroid dienone is 2. The van der Waals surface area contributed by atoms with E-state index in [0.717, 1.165) is 0 Å². The maximum absolute atomic E-state index is 15.5. The van der Waals surface area contributed by atoms with Crippen LogP contribution >= 0.6 is 39.1 Å². The Labute approximate surface area is 249 Å². The number of hydrogen-bond donors (Lipinski definition) is 0. The van der Waals surface area contributed by atoms with E-state index in [9.17, 15) is 25.9 Å². The minimum Gasteiger partial charge on any atom is -0.744 e. The van der Waals surface area contributed by atoms with Crippen molar-refractivity contribution in [3.05, 3.63) is 67.9 Å². The second-order valence-electron chi connectivity index (χ2n) is 6.49. The summed E-state index contributed by atoms with van der Waals surface area (Å²) in [4.78, 5) is -2.17. The molecule has 2 aromatic rings. The molecule has 8 nitrogen and oxygen atoms in total. The molecule has 0 spiro atoms. The van der Waals surface area contributed by atoms with Gasteiger partial charge in [0.25, 0.3) is 0 Å². The van der Waals surface area contributed by atoms with Crippen LogP contribution in [0.3, 0.4) is 0 Å². The van der Waals surface area contributed by atoms with Crippen molar-refractivity contribution in [3.8, 4) is 0 Å². The molecule has 0 radical (unpaired) electrons. The maximum atomic E-state index is 15.5. The second-order valence-corrected chi connectivity index (χ2v) is 10.8. The molecule has 4 rings (SSSR count). The van der Waals surface area contributed by atoms with Crippen molar-refractivity contribution < 1.29 is 98.2 Å². The van der Waals surface area contributed by atoms with Gasteiger partial charge >= 0.3 is 66.1 Å². The first-order valence-corrected chi connectivity index (χ1v) is 12.4. The molecule has 1 aromatic carbocycles. The summed E-state index contributed by atoms with van der Waals surface area (Å²) in [6.07, 6.45) is 0.674. The van der Waals surface area contributed by atoms with Crippen molar-refractivity contribution in [1.82, 2.24) is 4.48 Å². The first kappa shape index (κ1) is 29.7. The van der Waals surface area contributed by atoms with E-state index >= 15 is 8.63 Å². The van der Waals surface area contributed by atoms with Crippen molar-refractivity contribution in [2.45, 2.75) is 4.90 Å². The SMILES string of the molecule is O=S(=O)([O-])C1=CC2=C(c3ccc(Br)cc3)c3cc(S(=O)(=O)[O-])c(Cl)n3[B-](F)(F)[N+]2=C1Cl.[Na+].[Na+]. The molecular weight excluding hydrogens is 614 g/mol. The molecule has 33 heavy (non-hydrogen) atoms. The van der Waals surface area contributed by atoms with Gasteiger partial charge in [-0.3, -0.25) is 0 Å². The smallest absolute Gasteiger partial charge is 0.744 e. The van der Waals surface area contributed by atoms with Crippen molar-refractivity contribution in [2.75, 3.05) is 0 Å². The zero-order valence-electron chi connectivity index (χ0n) is 16.6. The molecule has 0 N–H and O–H groups in total. The Morgan fingerprint density at radius 2 is 1.55 bits per heavy atom. The Bertz CT molecular complexity index is 1490. The van der Waals surface area contributed by atoms with Crippen LogP contribution in [0.5, 0.6) is 0 Å². The topological polar surface area (TPSA) is 122 Å². The van der Waals surface area contributed by atoms with Gasteiger partial charge in [0.05, 0.1) is 15.6 Å². The van der Waals surface area contributed by atoms with Crippen LogP contribution in [0.1, 0.15) is 11.3 Å². The molecule has 2 aliphatic heterocycles. The third-order valence-electron chi connectivity index (χ3n) is 4.69. The van der Waals surface area contributed by atoms with Gasteiger partial charge in [0.1, 0.15) is 25.1 Å². The summed E-state index contributed by atoms with van der Waals surface area (Å²) in [5, 5.41) is -2.15. The van der Waals surface area contributed by atoms with Crippen LogP contribution in [-0.2, 0) is 20.2 Å². The normalized spacial score (nSPS) is 17.1. The van der Waals surface area contributed by atoms with Gasteiger partial charge in [-0.1, -0.05) is 39.7 Å². The quantitative estimate of drug-likeness (QED) is 0.265. The number of hydrogen-bond acceptors (Lipinski definition) is 6. The summed E-state index contributed by atoms with van der Waals surface area (Å²) in [5.74, 6) is 0. The number of nitrogens with zero attached hydrogens (tertiary/aromatic N) is 2. The monoisotopic (exact) mass is 618 g/mol. The van der Waals surface area contributed by atoms with E-state index in [-0.39, 0.29) is 79.2 Å². The second kappa shape index (κ2) is 9.73. The van der Waals surface area contributed by atoms with E-state index in [0.29, 0.717) is 16.6 Å². The fraction of sp³-hybridized carbons (Fsp3) is 0. The fourth-order valence-electron chi connectivity index (χ4n) is 3.46. The van der Waals surface area contributed by atoms with Gasteiger partial charge in [-0.05, 0) is 35.4 Å². The zero-order valence-corrected chi connectivity index (χ0v) is 25.3. The van der Waals surface area contributed by atoms with E-state index in [1.54, 1.807) is 12.1 Å². The molecule has 0 unspecified atom stereocenters. The summed E-state index contributed by atoms with van der Waals surface area (Å²) in [7, 11) is -10.5. The van der Waals surface area contributed by atoms with Gasteiger partial charge in [-0.15, -0.1) is 0 Å². The molecule has 0 bridgehead atoms. The van der Waals surface area contributed by atoms with Gasteiger partial charge in [-0.25, -0.2) is 16.8 Å². The molecular formula is C15H6BBrCl2F2N2Na2O6S2. The zero-order chi connectivity index (χ0) is 23.1. The van der Waals surface area contributed by atoms with Gasteiger partial charge in [-0.2, -0.15) is 0 Å². The first-order valence-electron chi connectivity index (χ1n) is 8.05. The summed E-state index contributed by atoms with van der Waals surface area (Å²) < 4.78 is 101. The van der Waals surface area contributed by atoms with E-state index < -0.39 is 58.7 Å². The fourth-order valence-corrected chi connectivity index (χ4v) is 5.94. The van der Waals surface area contributed by atoms with Crippen LogP contribution in [0.25, 0.3) is 5.57 Å². The van der Waals surface area contributed by atoms with E-state index in [4.69, 9.17) is 23.2 Å². The molecule has 0 saturated carbocycles. The predicted octanol–water partition coefficient (Wildman–Crippen LogP) is -3.10. The largest absolute Gasteiger partial charge is 1.00 e. The molecule has 18 heteroatoms. The van der Waals surface area contributed by atoms with E-state index in [1.165, 1.54) is 12.1 Å². The maximum Gasteiger partial charge on any atom is 1.00 e. The van der Waals surface area contributed by atoms with Crippen LogP contribution in [0, 0.1) is 0 Å². The molecule has 0 fully saturated rings. The van der Waals surface area contributed by atoms with Crippen molar-refractivity contribution in [2.24, 2.45) is 0 Å². The number of benzene rings is 1. The third kappa shape index (κ3) is 4.89. The van der Waals surface area contributed by atoms with E-state index in [2.05, 4.69) is 15.9 Å². The number of aromatic nitrogens is 1. The van der Waals surface area contributed by atoms with Gasteiger partial charge in [0, 0.05) is 16.2 Å². The molecule has 3 heterocycles. The van der Waals surface area contributed by atoms with E-state index in [1.807, 2.05) is 0 Å². The van der Waals surface area contributed by atoms with Crippen LogP contribution in [0.2, 0.25) is 5.15 Å². The Morgan fingerprint density at radius 1 is 1.00 bits per heavy atom. The average molecular weight is 620 g/mol. The first-order chi connectivity index (χ1) is 14.2. The molecule has 0 saturated heterocycles.